The number of anilines is 1. The van der Waals surface area contributed by atoms with E-state index in [-0.39, 0.29) is 5.41 Å². The second kappa shape index (κ2) is 4.99. The third-order valence-electron chi connectivity index (χ3n) is 4.02. The molecule has 1 aliphatic heterocycles. The third-order valence-corrected chi connectivity index (χ3v) is 4.02. The maximum atomic E-state index is 2.41. The molecule has 0 unspecified atom stereocenters. The second-order valence-corrected chi connectivity index (χ2v) is 7.01. The topological polar surface area (TPSA) is 6.25 Å². The van der Waals surface area contributed by atoms with Gasteiger partial charge in [0.2, 0.25) is 6.34 Å². The van der Waals surface area contributed by atoms with Gasteiger partial charge < -0.3 is 0 Å². The first-order valence-corrected chi connectivity index (χ1v) is 7.24. The van der Waals surface area contributed by atoms with Crippen molar-refractivity contribution in [2.75, 3.05) is 18.5 Å². The van der Waals surface area contributed by atoms with Gasteiger partial charge >= 0.3 is 0 Å². The van der Waals surface area contributed by atoms with E-state index in [1.165, 1.54) is 11.3 Å². The molecule has 0 amide bonds. The van der Waals surface area contributed by atoms with Crippen LogP contribution in [0.1, 0.15) is 40.2 Å². The first-order chi connectivity index (χ1) is 8.80. The van der Waals surface area contributed by atoms with Crippen LogP contribution in [0, 0.1) is 5.92 Å². The summed E-state index contributed by atoms with van der Waals surface area (Å²) in [6, 6.07) is 9.39. The largest absolute Gasteiger partial charge is 0.264 e. The molecule has 1 heterocycles. The smallest absolute Gasteiger partial charge is 0.239 e. The molecule has 104 valence electrons. The second-order valence-electron chi connectivity index (χ2n) is 7.01. The van der Waals surface area contributed by atoms with Crippen molar-refractivity contribution in [3.8, 4) is 0 Å². The van der Waals surface area contributed by atoms with Gasteiger partial charge in [0, 0.05) is 5.56 Å². The lowest BCUT2D eigenvalue weighted by molar-refractivity contribution is -0.530. The summed E-state index contributed by atoms with van der Waals surface area (Å²) in [5, 5.41) is 0. The highest BCUT2D eigenvalue weighted by Crippen LogP contribution is 2.32. The van der Waals surface area contributed by atoms with E-state index in [0.717, 1.165) is 6.54 Å². The van der Waals surface area contributed by atoms with Gasteiger partial charge in [-0.05, 0) is 17.4 Å². The van der Waals surface area contributed by atoms with Gasteiger partial charge in [-0.15, -0.1) is 0 Å². The maximum Gasteiger partial charge on any atom is 0.239 e. The van der Waals surface area contributed by atoms with Crippen molar-refractivity contribution in [3.05, 3.63) is 29.8 Å². The van der Waals surface area contributed by atoms with Crippen LogP contribution in [-0.2, 0) is 5.41 Å². The molecule has 0 aromatic heterocycles. The Morgan fingerprint density at radius 3 is 2.37 bits per heavy atom. The Hall–Kier alpha value is -1.31. The summed E-state index contributed by atoms with van der Waals surface area (Å²) < 4.78 is 2.35. The number of benzene rings is 1. The van der Waals surface area contributed by atoms with Crippen molar-refractivity contribution in [1.82, 2.24) is 0 Å². The molecular weight excluding hydrogens is 232 g/mol. The monoisotopic (exact) mass is 259 g/mol. The molecule has 0 bridgehead atoms. The lowest BCUT2D eigenvalue weighted by Crippen LogP contribution is -2.31. The highest BCUT2D eigenvalue weighted by molar-refractivity contribution is 5.79. The SMILES string of the molecule is CC(C)[C@H]1CN(c2ccccc2C(C)(C)C)C=[N+]1C. The Labute approximate surface area is 117 Å². The van der Waals surface area contributed by atoms with Gasteiger partial charge in [-0.25, -0.2) is 4.90 Å². The predicted octanol–water partition coefficient (Wildman–Crippen LogP) is 3.50. The van der Waals surface area contributed by atoms with E-state index in [2.05, 4.69) is 81.7 Å². The van der Waals surface area contributed by atoms with Crippen LogP contribution in [0.15, 0.2) is 24.3 Å². The van der Waals surface area contributed by atoms with Crippen molar-refractivity contribution in [2.24, 2.45) is 5.92 Å². The van der Waals surface area contributed by atoms with Crippen LogP contribution in [0.4, 0.5) is 5.69 Å². The highest BCUT2D eigenvalue weighted by Gasteiger charge is 2.34. The van der Waals surface area contributed by atoms with E-state index < -0.39 is 0 Å². The number of hydrogen-bond donors (Lipinski definition) is 0. The Morgan fingerprint density at radius 2 is 1.84 bits per heavy atom. The number of likely N-dealkylation sites (N-methyl/N-ethyl adjacent to an activating group) is 1. The van der Waals surface area contributed by atoms with Crippen molar-refractivity contribution in [3.63, 3.8) is 0 Å². The Morgan fingerprint density at radius 1 is 1.21 bits per heavy atom. The van der Waals surface area contributed by atoms with Crippen molar-refractivity contribution >= 4 is 12.0 Å². The zero-order valence-electron chi connectivity index (χ0n) is 13.1. The van der Waals surface area contributed by atoms with Crippen LogP contribution in [0.2, 0.25) is 0 Å². The van der Waals surface area contributed by atoms with E-state index in [4.69, 9.17) is 0 Å². The zero-order chi connectivity index (χ0) is 14.2. The summed E-state index contributed by atoms with van der Waals surface area (Å²) >= 11 is 0. The molecule has 2 nitrogen and oxygen atoms in total. The molecular formula is C17H27N2+. The molecule has 0 fully saturated rings. The lowest BCUT2D eigenvalue weighted by atomic mass is 9.85. The van der Waals surface area contributed by atoms with Gasteiger partial charge in [0.25, 0.3) is 0 Å². The molecule has 0 aliphatic carbocycles. The number of hydrogen-bond acceptors (Lipinski definition) is 1. The predicted molar refractivity (Wildman–Crippen MR) is 83.4 cm³/mol. The molecule has 0 saturated heterocycles. The maximum absolute atomic E-state index is 2.41. The molecule has 1 atom stereocenters. The summed E-state index contributed by atoms with van der Waals surface area (Å²) in [4.78, 5) is 2.41. The lowest BCUT2D eigenvalue weighted by Gasteiger charge is -2.23. The minimum atomic E-state index is 0.179. The molecule has 2 heteroatoms. The average molecular weight is 259 g/mol. The first-order valence-electron chi connectivity index (χ1n) is 7.24. The van der Waals surface area contributed by atoms with E-state index in [1.807, 2.05) is 0 Å². The summed E-state index contributed by atoms with van der Waals surface area (Å²) in [5.74, 6) is 0.674. The molecule has 0 saturated carbocycles. The van der Waals surface area contributed by atoms with Crippen molar-refractivity contribution in [2.45, 2.75) is 46.1 Å². The zero-order valence-corrected chi connectivity index (χ0v) is 13.1. The molecule has 2 rings (SSSR count). The van der Waals surface area contributed by atoms with E-state index in [0.29, 0.717) is 12.0 Å². The standard InChI is InChI=1S/C17H27N2/c1-13(2)16-11-19(12-18(16)6)15-10-8-7-9-14(15)17(3,4)5/h7-10,12-13,16H,11H2,1-6H3/q+1/t16-/m1/s1. The van der Waals surface area contributed by atoms with Gasteiger partial charge in [-0.1, -0.05) is 52.8 Å². The minimum absolute atomic E-state index is 0.179. The first kappa shape index (κ1) is 14.1. The molecule has 19 heavy (non-hydrogen) atoms. The van der Waals surface area contributed by atoms with E-state index >= 15 is 0 Å². The molecule has 0 N–H and O–H groups in total. The fourth-order valence-electron chi connectivity index (χ4n) is 2.88. The molecule has 0 spiro atoms. The van der Waals surface area contributed by atoms with Gasteiger partial charge in [0.15, 0.2) is 0 Å². The summed E-state index contributed by atoms with van der Waals surface area (Å²) in [5.41, 5.74) is 2.95. The van der Waals surface area contributed by atoms with Crippen LogP contribution < -0.4 is 4.90 Å². The van der Waals surface area contributed by atoms with Gasteiger partial charge in [0.05, 0.1) is 7.05 Å². The fourth-order valence-corrected chi connectivity index (χ4v) is 2.88. The average Bonchev–Trinajstić information content (AvgIpc) is 2.70. The molecule has 1 aromatic carbocycles. The molecule has 1 aliphatic rings. The third kappa shape index (κ3) is 2.83. The van der Waals surface area contributed by atoms with Crippen molar-refractivity contribution in [1.29, 1.82) is 0 Å². The Kier molecular flexibility index (Phi) is 3.71. The van der Waals surface area contributed by atoms with E-state index in [1.54, 1.807) is 0 Å². The van der Waals surface area contributed by atoms with Gasteiger partial charge in [0.1, 0.15) is 18.3 Å². The number of para-hydroxylation sites is 1. The summed E-state index contributed by atoms with van der Waals surface area (Å²) in [6.07, 6.45) is 2.26. The van der Waals surface area contributed by atoms with Crippen LogP contribution in [0.5, 0.6) is 0 Å². The summed E-state index contributed by atoms with van der Waals surface area (Å²) in [6.45, 7) is 12.5. The highest BCUT2D eigenvalue weighted by atomic mass is 15.3. The van der Waals surface area contributed by atoms with E-state index in [9.17, 15) is 0 Å². The number of nitrogens with zero attached hydrogens (tertiary/aromatic N) is 2. The Balaban J connectivity index is 2.35. The van der Waals surface area contributed by atoms with Crippen LogP contribution in [0.25, 0.3) is 0 Å². The normalized spacial score (nSPS) is 20.1. The van der Waals surface area contributed by atoms with Crippen LogP contribution in [-0.4, -0.2) is 30.5 Å². The van der Waals surface area contributed by atoms with Crippen LogP contribution >= 0.6 is 0 Å². The van der Waals surface area contributed by atoms with Gasteiger partial charge in [-0.3, -0.25) is 4.58 Å². The summed E-state index contributed by atoms with van der Waals surface area (Å²) in [7, 11) is 2.18. The van der Waals surface area contributed by atoms with Crippen molar-refractivity contribution < 1.29 is 4.58 Å². The Bertz CT molecular complexity index is 480. The number of rotatable bonds is 2. The molecule has 1 aromatic rings. The van der Waals surface area contributed by atoms with Crippen LogP contribution in [0.3, 0.4) is 0 Å². The van der Waals surface area contributed by atoms with Gasteiger partial charge in [-0.2, -0.15) is 0 Å². The molecule has 0 radical (unpaired) electrons. The minimum Gasteiger partial charge on any atom is -0.264 e. The fraction of sp³-hybridized carbons (Fsp3) is 0.588. The quantitative estimate of drug-likeness (QED) is 0.737.